The van der Waals surface area contributed by atoms with E-state index < -0.39 is 41.0 Å². The number of carbonyl (C=O) groups is 1. The maximum Gasteiger partial charge on any atom is 0.424 e. The fraction of sp³-hybridized carbons (Fsp3) is 0.300. The van der Waals surface area contributed by atoms with Crippen molar-refractivity contribution in [2.24, 2.45) is 0 Å². The Labute approximate surface area is 168 Å². The van der Waals surface area contributed by atoms with Crippen molar-refractivity contribution in [3.8, 4) is 0 Å². The third kappa shape index (κ3) is 4.11. The number of hydrogen-bond acceptors (Lipinski definition) is 4. The summed E-state index contributed by atoms with van der Waals surface area (Å²) in [5.41, 5.74) is -2.54. The number of carbonyl (C=O) groups excluding carboxylic acids is 1. The number of halogens is 4. The van der Waals surface area contributed by atoms with Gasteiger partial charge in [0.15, 0.2) is 0 Å². The molecular weight excluding hydrogens is 408 g/mol. The number of thiazole rings is 1. The Hall–Kier alpha value is -2.52. The van der Waals surface area contributed by atoms with Gasteiger partial charge in [0.25, 0.3) is 0 Å². The Morgan fingerprint density at radius 3 is 2.38 bits per heavy atom. The predicted octanol–water partition coefficient (Wildman–Crippen LogP) is 4.80. The number of nitrogens with zero attached hydrogens (tertiary/aromatic N) is 2. The highest BCUT2D eigenvalue weighted by Gasteiger charge is 2.58. The first kappa shape index (κ1) is 21.2. The minimum absolute atomic E-state index is 0.315. The molecule has 4 nitrogen and oxygen atoms in total. The van der Waals surface area contributed by atoms with Crippen LogP contribution in [0.25, 0.3) is 10.2 Å². The van der Waals surface area contributed by atoms with Gasteiger partial charge in [-0.15, -0.1) is 11.3 Å². The molecule has 1 aromatic heterocycles. The van der Waals surface area contributed by atoms with Crippen molar-refractivity contribution in [2.45, 2.75) is 31.2 Å². The van der Waals surface area contributed by atoms with Crippen LogP contribution < -0.4 is 0 Å². The van der Waals surface area contributed by atoms with E-state index in [-0.39, 0.29) is 0 Å². The van der Waals surface area contributed by atoms with Gasteiger partial charge < -0.3 is 10.0 Å². The second-order valence-electron chi connectivity index (χ2n) is 6.75. The highest BCUT2D eigenvalue weighted by Crippen LogP contribution is 2.44. The van der Waals surface area contributed by atoms with Gasteiger partial charge in [-0.1, -0.05) is 24.3 Å². The van der Waals surface area contributed by atoms with Crippen LogP contribution in [0.15, 0.2) is 48.5 Å². The fourth-order valence-corrected chi connectivity index (χ4v) is 3.94. The first-order valence-electron chi connectivity index (χ1n) is 8.69. The normalized spacial score (nSPS) is 15.1. The van der Waals surface area contributed by atoms with Crippen molar-refractivity contribution in [1.29, 1.82) is 0 Å². The number of amides is 1. The van der Waals surface area contributed by atoms with Crippen LogP contribution in [0.1, 0.15) is 30.0 Å². The van der Waals surface area contributed by atoms with Crippen LogP contribution >= 0.6 is 11.3 Å². The summed E-state index contributed by atoms with van der Waals surface area (Å²) in [5.74, 6) is -1.38. The third-order valence-electron chi connectivity index (χ3n) is 4.85. The molecule has 3 rings (SSSR count). The summed E-state index contributed by atoms with van der Waals surface area (Å²) in [4.78, 5) is 17.7. The molecular formula is C20H18F4N2O2S. The number of benzene rings is 2. The molecule has 2 unspecified atom stereocenters. The van der Waals surface area contributed by atoms with Crippen LogP contribution in [0.3, 0.4) is 0 Å². The van der Waals surface area contributed by atoms with Crippen LogP contribution in [0.4, 0.5) is 17.6 Å². The Kier molecular flexibility index (Phi) is 5.64. The second-order valence-corrected chi connectivity index (χ2v) is 7.78. The van der Waals surface area contributed by atoms with Gasteiger partial charge in [-0.25, -0.2) is 9.37 Å². The Balaban J connectivity index is 1.89. The molecule has 2 aromatic carbocycles. The van der Waals surface area contributed by atoms with Crippen molar-refractivity contribution in [3.05, 3.63) is 64.9 Å². The molecule has 0 bridgehead atoms. The monoisotopic (exact) mass is 426 g/mol. The van der Waals surface area contributed by atoms with Crippen molar-refractivity contribution < 1.29 is 27.5 Å². The summed E-state index contributed by atoms with van der Waals surface area (Å²) in [6, 6.07) is 11.1. The highest BCUT2D eigenvalue weighted by molar-refractivity contribution is 7.18. The van der Waals surface area contributed by atoms with Crippen molar-refractivity contribution in [3.63, 3.8) is 0 Å². The molecule has 29 heavy (non-hydrogen) atoms. The van der Waals surface area contributed by atoms with Gasteiger partial charge in [-0.05, 0) is 36.8 Å². The highest BCUT2D eigenvalue weighted by atomic mass is 32.1. The number of alkyl halides is 3. The Bertz CT molecular complexity index is 986. The maximum atomic E-state index is 13.8. The second kappa shape index (κ2) is 7.72. The largest absolute Gasteiger partial charge is 0.424 e. The smallest absolute Gasteiger partial charge is 0.374 e. The molecule has 2 atom stereocenters. The minimum atomic E-state index is -5.10. The number of aromatic nitrogens is 1. The maximum absolute atomic E-state index is 13.8. The summed E-state index contributed by atoms with van der Waals surface area (Å²) in [6.07, 6.45) is -6.31. The van der Waals surface area contributed by atoms with Crippen molar-refractivity contribution in [1.82, 2.24) is 9.88 Å². The molecule has 154 valence electrons. The van der Waals surface area contributed by atoms with Gasteiger partial charge in [0.05, 0.1) is 22.7 Å². The van der Waals surface area contributed by atoms with E-state index in [4.69, 9.17) is 0 Å². The molecule has 1 amide bonds. The van der Waals surface area contributed by atoms with E-state index >= 15 is 0 Å². The lowest BCUT2D eigenvalue weighted by Gasteiger charge is -2.32. The fourth-order valence-electron chi connectivity index (χ4n) is 2.87. The van der Waals surface area contributed by atoms with Crippen LogP contribution in [-0.2, 0) is 10.4 Å². The van der Waals surface area contributed by atoms with Gasteiger partial charge >= 0.3 is 6.18 Å². The molecule has 1 N–H and O–H groups in total. The van der Waals surface area contributed by atoms with Gasteiger partial charge in [0, 0.05) is 7.05 Å². The molecule has 0 fully saturated rings. The van der Waals surface area contributed by atoms with Crippen LogP contribution in [0.2, 0.25) is 0 Å². The molecule has 0 aliphatic carbocycles. The van der Waals surface area contributed by atoms with E-state index in [1.54, 1.807) is 25.1 Å². The van der Waals surface area contributed by atoms with Crippen LogP contribution in [-0.4, -0.2) is 34.1 Å². The molecule has 9 heteroatoms. The van der Waals surface area contributed by atoms with E-state index in [9.17, 15) is 27.5 Å². The zero-order valence-corrected chi connectivity index (χ0v) is 16.4. The average molecular weight is 426 g/mol. The average Bonchev–Trinajstić information content (AvgIpc) is 3.11. The van der Waals surface area contributed by atoms with Crippen molar-refractivity contribution >= 4 is 27.5 Å². The van der Waals surface area contributed by atoms with E-state index in [0.717, 1.165) is 4.90 Å². The lowest BCUT2D eigenvalue weighted by atomic mass is 9.98. The Morgan fingerprint density at radius 1 is 1.17 bits per heavy atom. The first-order valence-corrected chi connectivity index (χ1v) is 9.51. The van der Waals surface area contributed by atoms with Crippen molar-refractivity contribution in [2.75, 3.05) is 7.05 Å². The van der Waals surface area contributed by atoms with Gasteiger partial charge in [-0.3, -0.25) is 4.79 Å². The first-order chi connectivity index (χ1) is 13.5. The van der Waals surface area contributed by atoms with Crippen LogP contribution in [0, 0.1) is 5.82 Å². The Morgan fingerprint density at radius 2 is 1.79 bits per heavy atom. The molecule has 1 heterocycles. The van der Waals surface area contributed by atoms with E-state index in [2.05, 4.69) is 4.98 Å². The van der Waals surface area contributed by atoms with E-state index in [0.29, 0.717) is 27.1 Å². The van der Waals surface area contributed by atoms with E-state index in [1.165, 1.54) is 37.4 Å². The van der Waals surface area contributed by atoms with Crippen LogP contribution in [0.5, 0.6) is 0 Å². The number of hydrogen-bond donors (Lipinski definition) is 1. The van der Waals surface area contributed by atoms with Gasteiger partial charge in [0.1, 0.15) is 10.8 Å². The minimum Gasteiger partial charge on any atom is -0.374 e. The lowest BCUT2D eigenvalue weighted by Crippen LogP contribution is -2.46. The molecule has 3 aromatic rings. The van der Waals surface area contributed by atoms with Gasteiger partial charge in [-0.2, -0.15) is 13.2 Å². The van der Waals surface area contributed by atoms with Gasteiger partial charge in [0.2, 0.25) is 11.5 Å². The summed E-state index contributed by atoms with van der Waals surface area (Å²) in [7, 11) is 1.34. The molecule has 0 saturated heterocycles. The summed E-state index contributed by atoms with van der Waals surface area (Å²) < 4.78 is 55.0. The zero-order chi connectivity index (χ0) is 21.4. The quantitative estimate of drug-likeness (QED) is 0.597. The lowest BCUT2D eigenvalue weighted by molar-refractivity contribution is -0.268. The van der Waals surface area contributed by atoms with E-state index in [1.807, 2.05) is 0 Å². The summed E-state index contributed by atoms with van der Waals surface area (Å²) >= 11 is 0.698. The molecule has 0 saturated carbocycles. The number of para-hydroxylation sites is 1. The standard InChI is InChI=1S/C20H18F4N2O2S/c1-12(13-7-9-14(21)10-8-13)26(2)17(27)11-19(28,20(22,23)24)18-25-15-5-3-4-6-16(15)29-18/h3-10,12,28H,11H2,1-2H3. The molecule has 0 aliphatic rings. The molecule has 0 aliphatic heterocycles. The summed E-state index contributed by atoms with van der Waals surface area (Å²) in [5, 5.41) is 9.97. The number of fused-ring (bicyclic) bond motifs is 1. The summed E-state index contributed by atoms with van der Waals surface area (Å²) in [6.45, 7) is 1.61. The molecule has 0 radical (unpaired) electrons. The third-order valence-corrected chi connectivity index (χ3v) is 6.04. The number of rotatable bonds is 5. The SMILES string of the molecule is CC(c1ccc(F)cc1)N(C)C(=O)CC(O)(c1nc2ccccc2s1)C(F)(F)F. The number of aliphatic hydroxyl groups is 1. The molecule has 0 spiro atoms. The zero-order valence-electron chi connectivity index (χ0n) is 15.6. The predicted molar refractivity (Wildman–Crippen MR) is 102 cm³/mol. The topological polar surface area (TPSA) is 53.4 Å².